The van der Waals surface area contributed by atoms with Gasteiger partial charge < -0.3 is 10.1 Å². The van der Waals surface area contributed by atoms with E-state index in [2.05, 4.69) is 19.2 Å². The van der Waals surface area contributed by atoms with Gasteiger partial charge in [-0.1, -0.05) is 13.8 Å². The van der Waals surface area contributed by atoms with E-state index >= 15 is 0 Å². The molecule has 2 unspecified atom stereocenters. The molecule has 0 bridgehead atoms. The summed E-state index contributed by atoms with van der Waals surface area (Å²) in [6.07, 6.45) is 1.44. The SMILES string of the molecule is CC(C)NCCCS(=O)(=O)N(C)C1CCOC1C. The fourth-order valence-corrected chi connectivity index (χ4v) is 3.68. The summed E-state index contributed by atoms with van der Waals surface area (Å²) in [6, 6.07) is 0.391. The van der Waals surface area contributed by atoms with E-state index in [1.807, 2.05) is 6.92 Å². The van der Waals surface area contributed by atoms with Crippen LogP contribution in [-0.2, 0) is 14.8 Å². The van der Waals surface area contributed by atoms with E-state index in [0.29, 0.717) is 19.1 Å². The average molecular weight is 278 g/mol. The number of rotatable bonds is 7. The van der Waals surface area contributed by atoms with Crippen LogP contribution in [0.3, 0.4) is 0 Å². The number of ether oxygens (including phenoxy) is 1. The van der Waals surface area contributed by atoms with Crippen molar-refractivity contribution in [1.82, 2.24) is 9.62 Å². The third-order valence-corrected chi connectivity index (χ3v) is 5.33. The van der Waals surface area contributed by atoms with Crippen molar-refractivity contribution in [2.75, 3.05) is 26.0 Å². The van der Waals surface area contributed by atoms with Crippen LogP contribution in [0.25, 0.3) is 0 Å². The third-order valence-electron chi connectivity index (χ3n) is 3.37. The zero-order valence-corrected chi connectivity index (χ0v) is 12.7. The second kappa shape index (κ2) is 6.84. The van der Waals surface area contributed by atoms with Crippen LogP contribution in [0.15, 0.2) is 0 Å². The first kappa shape index (κ1) is 15.9. The quantitative estimate of drug-likeness (QED) is 0.700. The Hall–Kier alpha value is -0.170. The molecular formula is C12H26N2O3S. The van der Waals surface area contributed by atoms with E-state index in [1.165, 1.54) is 4.31 Å². The highest BCUT2D eigenvalue weighted by Gasteiger charge is 2.33. The number of likely N-dealkylation sites (N-methyl/N-ethyl adjacent to an activating group) is 1. The molecule has 108 valence electrons. The molecule has 0 aromatic carbocycles. The lowest BCUT2D eigenvalue weighted by atomic mass is 10.2. The van der Waals surface area contributed by atoms with Gasteiger partial charge in [0.2, 0.25) is 10.0 Å². The summed E-state index contributed by atoms with van der Waals surface area (Å²) >= 11 is 0. The van der Waals surface area contributed by atoms with Crippen LogP contribution < -0.4 is 5.32 Å². The first-order valence-electron chi connectivity index (χ1n) is 6.65. The summed E-state index contributed by atoms with van der Waals surface area (Å²) in [5.41, 5.74) is 0. The summed E-state index contributed by atoms with van der Waals surface area (Å²) in [6.45, 7) is 7.43. The minimum absolute atomic E-state index is 0.00133. The largest absolute Gasteiger partial charge is 0.377 e. The fourth-order valence-electron chi connectivity index (χ4n) is 2.19. The maximum atomic E-state index is 12.2. The maximum Gasteiger partial charge on any atom is 0.214 e. The molecule has 0 aromatic rings. The normalized spacial score (nSPS) is 25.2. The molecule has 1 aliphatic rings. The van der Waals surface area contributed by atoms with Gasteiger partial charge in [0, 0.05) is 19.7 Å². The van der Waals surface area contributed by atoms with Gasteiger partial charge in [0.15, 0.2) is 0 Å². The molecular weight excluding hydrogens is 252 g/mol. The number of hydrogen-bond acceptors (Lipinski definition) is 4. The fraction of sp³-hybridized carbons (Fsp3) is 1.00. The van der Waals surface area contributed by atoms with E-state index in [4.69, 9.17) is 4.74 Å². The van der Waals surface area contributed by atoms with E-state index in [9.17, 15) is 8.42 Å². The molecule has 1 saturated heterocycles. The topological polar surface area (TPSA) is 58.6 Å². The third kappa shape index (κ3) is 4.50. The molecule has 1 aliphatic heterocycles. The van der Waals surface area contributed by atoms with Crippen molar-refractivity contribution in [2.24, 2.45) is 0 Å². The van der Waals surface area contributed by atoms with Gasteiger partial charge in [-0.15, -0.1) is 0 Å². The highest BCUT2D eigenvalue weighted by atomic mass is 32.2. The van der Waals surface area contributed by atoms with Crippen LogP contribution in [0.2, 0.25) is 0 Å². The lowest BCUT2D eigenvalue weighted by Crippen LogP contribution is -2.42. The highest BCUT2D eigenvalue weighted by molar-refractivity contribution is 7.89. The second-order valence-electron chi connectivity index (χ2n) is 5.23. The molecule has 0 radical (unpaired) electrons. The van der Waals surface area contributed by atoms with Crippen molar-refractivity contribution in [3.63, 3.8) is 0 Å². The number of hydrogen-bond donors (Lipinski definition) is 1. The van der Waals surface area contributed by atoms with Gasteiger partial charge in [0.25, 0.3) is 0 Å². The van der Waals surface area contributed by atoms with Crippen LogP contribution in [-0.4, -0.2) is 56.9 Å². The average Bonchev–Trinajstić information content (AvgIpc) is 2.69. The Bertz CT molecular complexity index is 343. The van der Waals surface area contributed by atoms with Gasteiger partial charge in [-0.2, -0.15) is 4.31 Å². The summed E-state index contributed by atoms with van der Waals surface area (Å²) in [4.78, 5) is 0. The molecule has 5 nitrogen and oxygen atoms in total. The summed E-state index contributed by atoms with van der Waals surface area (Å²) < 4.78 is 31.2. The standard InChI is InChI=1S/C12H26N2O3S/c1-10(2)13-7-5-9-18(15,16)14(4)12-6-8-17-11(12)3/h10-13H,5-9H2,1-4H3. The van der Waals surface area contributed by atoms with Crippen molar-refractivity contribution in [3.8, 4) is 0 Å². The Morgan fingerprint density at radius 2 is 2.11 bits per heavy atom. The van der Waals surface area contributed by atoms with Crippen LogP contribution in [0, 0.1) is 0 Å². The van der Waals surface area contributed by atoms with Crippen molar-refractivity contribution in [2.45, 2.75) is 51.8 Å². The first-order chi connectivity index (χ1) is 8.34. The van der Waals surface area contributed by atoms with E-state index in [0.717, 1.165) is 13.0 Å². The van der Waals surface area contributed by atoms with Crippen LogP contribution >= 0.6 is 0 Å². The van der Waals surface area contributed by atoms with Gasteiger partial charge in [0.05, 0.1) is 17.9 Å². The second-order valence-corrected chi connectivity index (χ2v) is 7.37. The molecule has 18 heavy (non-hydrogen) atoms. The van der Waals surface area contributed by atoms with Crippen molar-refractivity contribution in [3.05, 3.63) is 0 Å². The van der Waals surface area contributed by atoms with Crippen LogP contribution in [0.4, 0.5) is 0 Å². The Morgan fingerprint density at radius 3 is 2.61 bits per heavy atom. The molecule has 1 rings (SSSR count). The molecule has 1 fully saturated rings. The van der Waals surface area contributed by atoms with Gasteiger partial charge in [-0.05, 0) is 26.3 Å². The van der Waals surface area contributed by atoms with Crippen molar-refractivity contribution < 1.29 is 13.2 Å². The maximum absolute atomic E-state index is 12.2. The van der Waals surface area contributed by atoms with Crippen LogP contribution in [0.1, 0.15) is 33.6 Å². The Balaban J connectivity index is 2.42. The minimum atomic E-state index is -3.16. The van der Waals surface area contributed by atoms with Crippen molar-refractivity contribution >= 4 is 10.0 Å². The Labute approximate surface area is 111 Å². The number of sulfonamides is 1. The Morgan fingerprint density at radius 1 is 1.44 bits per heavy atom. The van der Waals surface area contributed by atoms with Crippen molar-refractivity contribution in [1.29, 1.82) is 0 Å². The first-order valence-corrected chi connectivity index (χ1v) is 8.26. The molecule has 6 heteroatoms. The smallest absolute Gasteiger partial charge is 0.214 e. The monoisotopic (exact) mass is 278 g/mol. The zero-order valence-electron chi connectivity index (χ0n) is 11.8. The molecule has 0 aromatic heterocycles. The minimum Gasteiger partial charge on any atom is -0.377 e. The van der Waals surface area contributed by atoms with Gasteiger partial charge >= 0.3 is 0 Å². The summed E-state index contributed by atoms with van der Waals surface area (Å²) in [5.74, 6) is 0.201. The molecule has 0 amide bonds. The lowest BCUT2D eigenvalue weighted by molar-refractivity contribution is 0.102. The molecule has 1 N–H and O–H groups in total. The molecule has 1 heterocycles. The van der Waals surface area contributed by atoms with Gasteiger partial charge in [-0.25, -0.2) is 8.42 Å². The lowest BCUT2D eigenvalue weighted by Gasteiger charge is -2.26. The summed E-state index contributed by atoms with van der Waals surface area (Å²) in [5, 5.41) is 3.23. The van der Waals surface area contributed by atoms with Crippen LogP contribution in [0.5, 0.6) is 0 Å². The highest BCUT2D eigenvalue weighted by Crippen LogP contribution is 2.21. The van der Waals surface area contributed by atoms with E-state index in [-0.39, 0.29) is 17.9 Å². The van der Waals surface area contributed by atoms with E-state index in [1.54, 1.807) is 7.05 Å². The summed E-state index contributed by atoms with van der Waals surface area (Å²) in [7, 11) is -1.49. The van der Waals surface area contributed by atoms with Gasteiger partial charge in [0.1, 0.15) is 0 Å². The Kier molecular flexibility index (Phi) is 6.04. The van der Waals surface area contributed by atoms with E-state index < -0.39 is 10.0 Å². The predicted octanol–water partition coefficient (Wildman–Crippen LogP) is 0.814. The molecule has 2 atom stereocenters. The molecule has 0 aliphatic carbocycles. The number of nitrogens with one attached hydrogen (secondary N) is 1. The van der Waals surface area contributed by atoms with Gasteiger partial charge in [-0.3, -0.25) is 0 Å². The molecule has 0 saturated carbocycles. The molecule has 0 spiro atoms. The predicted molar refractivity (Wildman–Crippen MR) is 73.1 cm³/mol. The number of nitrogens with zero attached hydrogens (tertiary/aromatic N) is 1. The zero-order chi connectivity index (χ0) is 13.8.